The molecule has 2 aromatic rings. The Bertz CT molecular complexity index is 1610. The molecule has 1 heterocycles. The van der Waals surface area contributed by atoms with Crippen LogP contribution in [0.1, 0.15) is 90.5 Å². The van der Waals surface area contributed by atoms with Crippen LogP contribution in [-0.4, -0.2) is 90.2 Å². The van der Waals surface area contributed by atoms with E-state index in [2.05, 4.69) is 30.9 Å². The Balaban J connectivity index is 1.69. The number of benzene rings is 2. The van der Waals surface area contributed by atoms with Crippen LogP contribution in [0.2, 0.25) is 0 Å². The topological polar surface area (TPSA) is 119 Å². The van der Waals surface area contributed by atoms with Gasteiger partial charge in [0, 0.05) is 48.3 Å². The molecule has 10 nitrogen and oxygen atoms in total. The highest BCUT2D eigenvalue weighted by molar-refractivity contribution is 7.99. The number of hydrogen-bond donors (Lipinski definition) is 2. The Labute approximate surface area is 332 Å². The Morgan fingerprint density at radius 3 is 2.51 bits per heavy atom. The molecule has 1 fully saturated rings. The second-order valence-corrected chi connectivity index (χ2v) is 16.8. The quantitative estimate of drug-likeness (QED) is 0.0589. The number of ether oxygens (including phenoxy) is 4. The number of nitrogens with zero attached hydrogens (tertiary/aromatic N) is 2. The van der Waals surface area contributed by atoms with Gasteiger partial charge in [0.15, 0.2) is 0 Å². The molecule has 1 amide bonds. The largest absolute Gasteiger partial charge is 0.493 e. The molecule has 0 aromatic heterocycles. The van der Waals surface area contributed by atoms with Crippen LogP contribution < -0.4 is 9.47 Å². The number of amides is 1. The van der Waals surface area contributed by atoms with Crippen LogP contribution in [0, 0.1) is 17.8 Å². The molecule has 1 saturated carbocycles. The van der Waals surface area contributed by atoms with E-state index >= 15 is 0 Å². The standard InChI is InChI=1S/C44H62N2O8S/c1-7-22-46(42(49)50-6)39-30-37(45-54-43(3,4)5)35-28-31(16-12-14-23-47)34(19-13-15-24-48)40-36-29-32(51-26-27-55-33-17-10-9-11-18-33)20-21-38(36)53-44(39,41(35)40)52-25-8-2/h8-11,17-18,20-21,28-29,31,34,39-41,47-48H,2,7,12-16,19,22-27,30H2,1,3-6H3. The number of aliphatic hydroxyl groups excluding tert-OH is 2. The number of methoxy groups -OCH3 is 1. The molecule has 0 spiro atoms. The minimum atomic E-state index is -1.32. The first kappa shape index (κ1) is 42.6. The number of thioether (sulfide) groups is 1. The van der Waals surface area contributed by atoms with Crippen LogP contribution in [-0.2, 0) is 14.3 Å². The van der Waals surface area contributed by atoms with Crippen LogP contribution in [0.5, 0.6) is 11.5 Å². The van der Waals surface area contributed by atoms with Crippen molar-refractivity contribution in [2.45, 2.75) is 107 Å². The number of oxime groups is 1. The van der Waals surface area contributed by atoms with Gasteiger partial charge in [0.25, 0.3) is 0 Å². The molecule has 3 aliphatic rings. The molecule has 0 radical (unpaired) electrons. The molecule has 2 aromatic carbocycles. The molecule has 6 unspecified atom stereocenters. The molecule has 0 saturated heterocycles. The van der Waals surface area contributed by atoms with Crippen molar-refractivity contribution in [1.29, 1.82) is 0 Å². The molecule has 2 N–H and O–H groups in total. The smallest absolute Gasteiger partial charge is 0.409 e. The fourth-order valence-corrected chi connectivity index (χ4v) is 9.25. The van der Waals surface area contributed by atoms with E-state index in [4.69, 9.17) is 28.9 Å². The summed E-state index contributed by atoms with van der Waals surface area (Å²) in [6.45, 7) is 13.4. The summed E-state index contributed by atoms with van der Waals surface area (Å²) in [7, 11) is 1.41. The Kier molecular flexibility index (Phi) is 15.6. The second-order valence-electron chi connectivity index (χ2n) is 15.6. The summed E-state index contributed by atoms with van der Waals surface area (Å²) in [5, 5.41) is 24.6. The zero-order valence-corrected chi connectivity index (χ0v) is 34.2. The maximum atomic E-state index is 13.7. The molecular formula is C44H62N2O8S. The van der Waals surface area contributed by atoms with Gasteiger partial charge in [0.2, 0.25) is 5.79 Å². The summed E-state index contributed by atoms with van der Waals surface area (Å²) in [4.78, 5) is 22.8. The van der Waals surface area contributed by atoms with E-state index in [1.54, 1.807) is 22.7 Å². The number of rotatable bonds is 20. The lowest BCUT2D eigenvalue weighted by Crippen LogP contribution is -2.70. The van der Waals surface area contributed by atoms with Crippen molar-refractivity contribution < 1.29 is 38.8 Å². The lowest BCUT2D eigenvalue weighted by molar-refractivity contribution is -0.255. The van der Waals surface area contributed by atoms with Crippen LogP contribution in [0.15, 0.2) is 82.9 Å². The van der Waals surface area contributed by atoms with Crippen LogP contribution in [0.4, 0.5) is 4.79 Å². The summed E-state index contributed by atoms with van der Waals surface area (Å²) in [6.07, 6.45) is 9.48. The van der Waals surface area contributed by atoms with Crippen molar-refractivity contribution >= 4 is 23.6 Å². The van der Waals surface area contributed by atoms with Gasteiger partial charge in [-0.05, 0) is 101 Å². The summed E-state index contributed by atoms with van der Waals surface area (Å²) in [5.74, 6) is 0.676. The lowest BCUT2D eigenvalue weighted by Gasteiger charge is -2.60. The molecular weight excluding hydrogens is 717 g/mol. The van der Waals surface area contributed by atoms with Gasteiger partial charge in [-0.3, -0.25) is 4.90 Å². The van der Waals surface area contributed by atoms with Gasteiger partial charge in [0.05, 0.1) is 32.0 Å². The van der Waals surface area contributed by atoms with Gasteiger partial charge < -0.3 is 34.0 Å². The fraction of sp³-hybridized carbons (Fsp3) is 0.591. The second kappa shape index (κ2) is 20.1. The summed E-state index contributed by atoms with van der Waals surface area (Å²) >= 11 is 1.76. The minimum absolute atomic E-state index is 0.121. The minimum Gasteiger partial charge on any atom is -0.493 e. The van der Waals surface area contributed by atoms with Crippen molar-refractivity contribution in [3.05, 3.63) is 78.4 Å². The van der Waals surface area contributed by atoms with Crippen molar-refractivity contribution in [2.24, 2.45) is 22.9 Å². The van der Waals surface area contributed by atoms with Gasteiger partial charge in [0.1, 0.15) is 23.1 Å². The number of aliphatic hydroxyl groups is 2. The van der Waals surface area contributed by atoms with Crippen LogP contribution >= 0.6 is 11.8 Å². The third kappa shape index (κ3) is 10.3. The summed E-state index contributed by atoms with van der Waals surface area (Å²) in [5.41, 5.74) is 2.24. The van der Waals surface area contributed by atoms with E-state index in [1.165, 1.54) is 12.0 Å². The Hall–Kier alpha value is -3.51. The highest BCUT2D eigenvalue weighted by Crippen LogP contribution is 2.62. The summed E-state index contributed by atoms with van der Waals surface area (Å²) in [6, 6.07) is 15.8. The fourth-order valence-electron chi connectivity index (χ4n) is 8.50. The SMILES string of the molecule is C=CCOC12Oc3ccc(OCCSc4ccccc4)cc3C3C(CCCCO)C(CCCCO)C=C(C(=NOC(C)(C)C)CC1N(CCC)C(=O)OC)C32. The number of fused-ring (bicyclic) bond motifs is 2. The number of carbonyl (C=O) groups is 1. The molecule has 302 valence electrons. The predicted octanol–water partition coefficient (Wildman–Crippen LogP) is 8.77. The maximum absolute atomic E-state index is 13.7. The first-order chi connectivity index (χ1) is 26.6. The van der Waals surface area contributed by atoms with E-state index in [9.17, 15) is 15.0 Å². The third-order valence-electron chi connectivity index (χ3n) is 10.7. The number of hydrogen-bond acceptors (Lipinski definition) is 10. The maximum Gasteiger partial charge on any atom is 0.409 e. The average Bonchev–Trinajstić information content (AvgIpc) is 3.18. The normalized spacial score (nSPS) is 24.9. The molecule has 11 heteroatoms. The van der Waals surface area contributed by atoms with Gasteiger partial charge in [-0.1, -0.05) is 55.3 Å². The number of carbonyl (C=O) groups excluding carboxylic acids is 1. The monoisotopic (exact) mass is 778 g/mol. The summed E-state index contributed by atoms with van der Waals surface area (Å²) < 4.78 is 26.1. The Morgan fingerprint density at radius 2 is 1.84 bits per heavy atom. The number of unbranched alkanes of at least 4 members (excludes halogenated alkanes) is 2. The zero-order valence-electron chi connectivity index (χ0n) is 33.4. The van der Waals surface area contributed by atoms with Crippen molar-refractivity contribution in [3.8, 4) is 11.5 Å². The molecule has 0 bridgehead atoms. The van der Waals surface area contributed by atoms with E-state index in [1.807, 2.05) is 58.0 Å². The Morgan fingerprint density at radius 1 is 1.09 bits per heavy atom. The van der Waals surface area contributed by atoms with Gasteiger partial charge >= 0.3 is 6.09 Å². The highest BCUT2D eigenvalue weighted by atomic mass is 32.2. The zero-order chi connectivity index (χ0) is 39.4. The third-order valence-corrected chi connectivity index (χ3v) is 11.7. The first-order valence-corrected chi connectivity index (χ1v) is 21.0. The average molecular weight is 779 g/mol. The van der Waals surface area contributed by atoms with Gasteiger partial charge in [-0.25, -0.2) is 4.79 Å². The molecule has 2 aliphatic carbocycles. The van der Waals surface area contributed by atoms with Gasteiger partial charge in [-0.15, -0.1) is 18.3 Å². The number of allylic oxidation sites excluding steroid dienone is 1. The highest BCUT2D eigenvalue weighted by Gasteiger charge is 2.65. The van der Waals surface area contributed by atoms with E-state index in [0.717, 1.165) is 54.0 Å². The molecule has 5 rings (SSSR count). The molecule has 55 heavy (non-hydrogen) atoms. The van der Waals surface area contributed by atoms with Crippen LogP contribution in [0.3, 0.4) is 0 Å². The van der Waals surface area contributed by atoms with Crippen LogP contribution in [0.25, 0.3) is 0 Å². The predicted molar refractivity (Wildman–Crippen MR) is 218 cm³/mol. The van der Waals surface area contributed by atoms with Crippen molar-refractivity contribution in [3.63, 3.8) is 0 Å². The first-order valence-electron chi connectivity index (χ1n) is 20.0. The van der Waals surface area contributed by atoms with E-state index in [0.29, 0.717) is 44.6 Å². The van der Waals surface area contributed by atoms with Crippen molar-refractivity contribution in [1.82, 2.24) is 4.90 Å². The molecule has 6 atom stereocenters. The molecule has 1 aliphatic heterocycles. The van der Waals surface area contributed by atoms with Crippen molar-refractivity contribution in [2.75, 3.05) is 45.8 Å². The van der Waals surface area contributed by atoms with E-state index in [-0.39, 0.29) is 43.5 Å². The van der Waals surface area contributed by atoms with Gasteiger partial charge in [-0.2, -0.15) is 0 Å². The van der Waals surface area contributed by atoms with E-state index < -0.39 is 23.5 Å². The lowest BCUT2D eigenvalue weighted by atomic mass is 9.55.